The molecule has 1 saturated heterocycles. The molecule has 2 N–H and O–H groups in total. The van der Waals surface area contributed by atoms with Crippen LogP contribution in [0.2, 0.25) is 0 Å². The van der Waals surface area contributed by atoms with Crippen molar-refractivity contribution in [1.29, 1.82) is 0 Å². The number of amides is 2. The molecule has 1 fully saturated rings. The quantitative estimate of drug-likeness (QED) is 0.774. The predicted octanol–water partition coefficient (Wildman–Crippen LogP) is 2.67. The monoisotopic (exact) mass is 381 g/mol. The fourth-order valence-electron chi connectivity index (χ4n) is 3.24. The molecule has 0 spiro atoms. The van der Waals surface area contributed by atoms with Crippen molar-refractivity contribution in [2.75, 3.05) is 25.0 Å². The number of rotatable bonds is 7. The lowest BCUT2D eigenvalue weighted by atomic mass is 10.0. The van der Waals surface area contributed by atoms with Crippen molar-refractivity contribution in [2.24, 2.45) is 0 Å². The number of carbonyl (C=O) groups is 2. The molecule has 1 aliphatic rings. The van der Waals surface area contributed by atoms with Gasteiger partial charge in [-0.3, -0.25) is 14.5 Å². The minimum atomic E-state index is -0.544. The van der Waals surface area contributed by atoms with Crippen molar-refractivity contribution in [2.45, 2.75) is 31.9 Å². The van der Waals surface area contributed by atoms with Crippen molar-refractivity contribution in [1.82, 2.24) is 10.2 Å². The Morgan fingerprint density at radius 1 is 1.04 bits per heavy atom. The molecule has 0 bridgehead atoms. The summed E-state index contributed by atoms with van der Waals surface area (Å²) in [5.74, 6) is 0.562. The van der Waals surface area contributed by atoms with Gasteiger partial charge in [-0.05, 0) is 44.0 Å². The van der Waals surface area contributed by atoms with E-state index in [2.05, 4.69) is 15.5 Å². The highest BCUT2D eigenvalue weighted by Gasteiger charge is 2.24. The topological polar surface area (TPSA) is 70.7 Å². The zero-order valence-corrected chi connectivity index (χ0v) is 16.1. The van der Waals surface area contributed by atoms with E-state index in [1.807, 2.05) is 60.7 Å². The summed E-state index contributed by atoms with van der Waals surface area (Å²) in [5.41, 5.74) is 0.807. The third-order valence-electron chi connectivity index (χ3n) is 4.78. The number of piperidine rings is 1. The Bertz CT molecular complexity index is 759. The molecule has 1 unspecified atom stereocenters. The maximum absolute atomic E-state index is 12.4. The Kier molecular flexibility index (Phi) is 7.03. The van der Waals surface area contributed by atoms with Gasteiger partial charge < -0.3 is 15.4 Å². The Balaban J connectivity index is 1.37. The summed E-state index contributed by atoms with van der Waals surface area (Å²) in [5, 5.41) is 5.97. The highest BCUT2D eigenvalue weighted by Crippen LogP contribution is 2.13. The minimum Gasteiger partial charge on any atom is -0.481 e. The van der Waals surface area contributed by atoms with Gasteiger partial charge in [-0.25, -0.2) is 0 Å². The molecule has 148 valence electrons. The largest absolute Gasteiger partial charge is 0.481 e. The van der Waals surface area contributed by atoms with E-state index in [1.165, 1.54) is 0 Å². The summed E-state index contributed by atoms with van der Waals surface area (Å²) in [7, 11) is 0. The fourth-order valence-corrected chi connectivity index (χ4v) is 3.24. The summed E-state index contributed by atoms with van der Waals surface area (Å²) in [4.78, 5) is 26.6. The molecule has 3 rings (SSSR count). The third kappa shape index (κ3) is 6.09. The lowest BCUT2D eigenvalue weighted by molar-refractivity contribution is -0.128. The molecule has 6 heteroatoms. The van der Waals surface area contributed by atoms with Crippen LogP contribution in [-0.2, 0) is 9.59 Å². The number of ether oxygens (including phenoxy) is 1. The number of benzene rings is 2. The Labute approximate surface area is 165 Å². The number of carbonyl (C=O) groups excluding carboxylic acids is 2. The number of hydrogen-bond acceptors (Lipinski definition) is 4. The van der Waals surface area contributed by atoms with Crippen molar-refractivity contribution >= 4 is 17.5 Å². The van der Waals surface area contributed by atoms with E-state index in [0.717, 1.165) is 31.6 Å². The second kappa shape index (κ2) is 9.90. The molecule has 2 aromatic rings. The maximum Gasteiger partial charge on any atom is 0.260 e. The molecule has 0 aromatic heterocycles. The molecule has 0 radical (unpaired) electrons. The van der Waals surface area contributed by atoms with Crippen LogP contribution in [0, 0.1) is 0 Å². The van der Waals surface area contributed by atoms with Gasteiger partial charge in [0.25, 0.3) is 5.91 Å². The van der Waals surface area contributed by atoms with Crippen LogP contribution in [0.1, 0.15) is 19.8 Å². The first-order valence-corrected chi connectivity index (χ1v) is 9.69. The minimum absolute atomic E-state index is 0.0152. The summed E-state index contributed by atoms with van der Waals surface area (Å²) < 4.78 is 5.67. The standard InChI is InChI=1S/C22H27N3O3/c1-17(28-20-10-6-3-7-11-20)22(27)24-19-12-14-25(15-13-19)16-21(26)23-18-8-4-2-5-9-18/h2-11,17,19H,12-16H2,1H3,(H,23,26)(H,24,27). The Hall–Kier alpha value is -2.86. The fraction of sp³-hybridized carbons (Fsp3) is 0.364. The van der Waals surface area contributed by atoms with Crippen molar-refractivity contribution in [3.05, 3.63) is 60.7 Å². The number of nitrogens with one attached hydrogen (secondary N) is 2. The van der Waals surface area contributed by atoms with Gasteiger partial charge in [0.1, 0.15) is 5.75 Å². The number of hydrogen-bond donors (Lipinski definition) is 2. The zero-order valence-electron chi connectivity index (χ0n) is 16.1. The average molecular weight is 381 g/mol. The molecule has 28 heavy (non-hydrogen) atoms. The zero-order chi connectivity index (χ0) is 19.8. The lowest BCUT2D eigenvalue weighted by Crippen LogP contribution is -2.49. The SMILES string of the molecule is CC(Oc1ccccc1)C(=O)NC1CCN(CC(=O)Nc2ccccc2)CC1. The van der Waals surface area contributed by atoms with Crippen molar-refractivity contribution in [3.8, 4) is 5.75 Å². The third-order valence-corrected chi connectivity index (χ3v) is 4.78. The van der Waals surface area contributed by atoms with Crippen molar-refractivity contribution in [3.63, 3.8) is 0 Å². The molecular formula is C22H27N3O3. The van der Waals surface area contributed by atoms with Crippen LogP contribution in [0.4, 0.5) is 5.69 Å². The van der Waals surface area contributed by atoms with Gasteiger partial charge in [-0.1, -0.05) is 36.4 Å². The van der Waals surface area contributed by atoms with E-state index in [9.17, 15) is 9.59 Å². The molecule has 2 aromatic carbocycles. The van der Waals surface area contributed by atoms with Crippen LogP contribution in [0.5, 0.6) is 5.75 Å². The van der Waals surface area contributed by atoms with E-state index in [-0.39, 0.29) is 17.9 Å². The summed E-state index contributed by atoms with van der Waals surface area (Å²) in [6.45, 7) is 3.68. The van der Waals surface area contributed by atoms with Gasteiger partial charge in [-0.15, -0.1) is 0 Å². The first-order chi connectivity index (χ1) is 13.6. The molecule has 1 atom stereocenters. The normalized spacial score (nSPS) is 16.2. The molecule has 2 amide bonds. The lowest BCUT2D eigenvalue weighted by Gasteiger charge is -2.32. The second-order valence-electron chi connectivity index (χ2n) is 7.05. The molecule has 0 saturated carbocycles. The van der Waals surface area contributed by atoms with Gasteiger partial charge in [0.05, 0.1) is 6.54 Å². The highest BCUT2D eigenvalue weighted by atomic mass is 16.5. The highest BCUT2D eigenvalue weighted by molar-refractivity contribution is 5.92. The summed E-state index contributed by atoms with van der Waals surface area (Å²) in [6, 6.07) is 18.9. The molecule has 0 aliphatic carbocycles. The van der Waals surface area contributed by atoms with Crippen LogP contribution < -0.4 is 15.4 Å². The second-order valence-corrected chi connectivity index (χ2v) is 7.05. The summed E-state index contributed by atoms with van der Waals surface area (Å²) >= 11 is 0. The summed E-state index contributed by atoms with van der Waals surface area (Å²) in [6.07, 6.45) is 1.10. The van der Waals surface area contributed by atoms with Crippen LogP contribution in [0.3, 0.4) is 0 Å². The van der Waals surface area contributed by atoms with E-state index < -0.39 is 6.10 Å². The van der Waals surface area contributed by atoms with Gasteiger partial charge in [0.2, 0.25) is 5.91 Å². The van der Waals surface area contributed by atoms with E-state index in [4.69, 9.17) is 4.74 Å². The van der Waals surface area contributed by atoms with E-state index in [1.54, 1.807) is 6.92 Å². The molecule has 1 aliphatic heterocycles. The predicted molar refractivity (Wildman–Crippen MR) is 109 cm³/mol. The number of anilines is 1. The van der Waals surface area contributed by atoms with E-state index >= 15 is 0 Å². The smallest absolute Gasteiger partial charge is 0.260 e. The van der Waals surface area contributed by atoms with Gasteiger partial charge in [0.15, 0.2) is 6.10 Å². The van der Waals surface area contributed by atoms with Gasteiger partial charge >= 0.3 is 0 Å². The first-order valence-electron chi connectivity index (χ1n) is 9.69. The molecular weight excluding hydrogens is 354 g/mol. The van der Waals surface area contributed by atoms with Crippen molar-refractivity contribution < 1.29 is 14.3 Å². The number of nitrogens with zero attached hydrogens (tertiary/aromatic N) is 1. The molecule has 6 nitrogen and oxygen atoms in total. The van der Waals surface area contributed by atoms with Crippen LogP contribution in [0.25, 0.3) is 0 Å². The van der Waals surface area contributed by atoms with E-state index in [0.29, 0.717) is 12.3 Å². The first kappa shape index (κ1) is 19.9. The Morgan fingerprint density at radius 2 is 1.64 bits per heavy atom. The average Bonchev–Trinajstić information content (AvgIpc) is 2.71. The number of para-hydroxylation sites is 2. The Morgan fingerprint density at radius 3 is 2.29 bits per heavy atom. The molecule has 1 heterocycles. The van der Waals surface area contributed by atoms with Gasteiger partial charge in [-0.2, -0.15) is 0 Å². The van der Waals surface area contributed by atoms with Crippen LogP contribution >= 0.6 is 0 Å². The van der Waals surface area contributed by atoms with Crippen LogP contribution in [-0.4, -0.2) is 48.5 Å². The maximum atomic E-state index is 12.4. The van der Waals surface area contributed by atoms with Gasteiger partial charge in [0, 0.05) is 24.8 Å². The van der Waals surface area contributed by atoms with Crippen LogP contribution in [0.15, 0.2) is 60.7 Å². The number of likely N-dealkylation sites (tertiary alicyclic amines) is 1.